The van der Waals surface area contributed by atoms with Crippen LogP contribution in [-0.4, -0.2) is 81.2 Å². The molecule has 0 rings (SSSR count). The number of esters is 2. The normalized spacial score (nSPS) is 15.0. The van der Waals surface area contributed by atoms with Crippen molar-refractivity contribution < 1.29 is 47.2 Å². The van der Waals surface area contributed by atoms with Crippen LogP contribution in [0.2, 0.25) is 0 Å². The quantitative estimate of drug-likeness (QED) is 0.0165. The number of rotatable bonds is 36. The van der Waals surface area contributed by atoms with Crippen LogP contribution in [0.15, 0.2) is 72.9 Å². The second-order valence-corrected chi connectivity index (χ2v) is 16.2. The molecule has 0 amide bonds. The van der Waals surface area contributed by atoms with Crippen LogP contribution in [0.1, 0.15) is 136 Å². The molecule has 10 nitrogen and oxygen atoms in total. The minimum absolute atomic E-state index is 0.0529. The standard InChI is InChI=1S/C44H76NO9P/c1-6-8-10-12-14-15-16-21-24-28-32-36-44(48)54-42(40-53-55(49,50)52-38-37-45(3,4)5)39-51-43(47)35-31-27-23-20-18-17-19-22-26-30-34-41(46)33-29-25-13-11-9-7-2/h9,11,17-18,22-23,25-27,29-30,34,41-42,46H,6-8,10,12-16,19-21,24,28,31-33,35-40H2,1-5H3/b11-9-,18-17-,26-22-,27-23-,29-25-,34-30+/t41?,42-/m1/s1. The van der Waals surface area contributed by atoms with Crippen molar-refractivity contribution in [2.24, 2.45) is 0 Å². The number of unbranched alkanes of at least 4 members (excludes halogenated alkanes) is 10. The number of carbonyl (C=O) groups excluding carboxylic acids is 2. The number of quaternary nitrogens is 1. The number of nitrogens with zero attached hydrogens (tertiary/aromatic N) is 1. The van der Waals surface area contributed by atoms with Crippen molar-refractivity contribution in [3.8, 4) is 0 Å². The number of hydrogen-bond acceptors (Lipinski definition) is 9. The summed E-state index contributed by atoms with van der Waals surface area (Å²) in [7, 11) is 1.09. The number of allylic oxidation sites excluding steroid dienone is 10. The lowest BCUT2D eigenvalue weighted by Gasteiger charge is -2.28. The predicted octanol–water partition coefficient (Wildman–Crippen LogP) is 9.80. The van der Waals surface area contributed by atoms with Crippen molar-refractivity contribution in [1.82, 2.24) is 0 Å². The summed E-state index contributed by atoms with van der Waals surface area (Å²) < 4.78 is 33.7. The molecular weight excluding hydrogens is 717 g/mol. The molecule has 0 aliphatic carbocycles. The highest BCUT2D eigenvalue weighted by molar-refractivity contribution is 7.45. The first-order valence-corrected chi connectivity index (χ1v) is 22.2. The van der Waals surface area contributed by atoms with E-state index in [-0.39, 0.29) is 26.1 Å². The lowest BCUT2D eigenvalue weighted by molar-refractivity contribution is -0.870. The van der Waals surface area contributed by atoms with Gasteiger partial charge in [0.1, 0.15) is 19.8 Å². The summed E-state index contributed by atoms with van der Waals surface area (Å²) in [4.78, 5) is 37.4. The fourth-order valence-corrected chi connectivity index (χ4v) is 5.79. The number of hydrogen-bond donors (Lipinski definition) is 1. The van der Waals surface area contributed by atoms with Gasteiger partial charge in [0.2, 0.25) is 0 Å². The molecule has 55 heavy (non-hydrogen) atoms. The average molecular weight is 794 g/mol. The first kappa shape index (κ1) is 52.4. The molecule has 0 fully saturated rings. The summed E-state index contributed by atoms with van der Waals surface area (Å²) in [5.74, 6) is -0.969. The molecule has 0 saturated carbocycles. The van der Waals surface area contributed by atoms with Gasteiger partial charge in [-0.25, -0.2) is 0 Å². The van der Waals surface area contributed by atoms with E-state index < -0.39 is 38.6 Å². The van der Waals surface area contributed by atoms with Crippen LogP contribution in [-0.2, 0) is 32.7 Å². The third-order valence-corrected chi connectivity index (χ3v) is 9.30. The molecule has 0 radical (unpaired) electrons. The van der Waals surface area contributed by atoms with Crippen LogP contribution < -0.4 is 4.89 Å². The Kier molecular flexibility index (Phi) is 34.1. The Morgan fingerprint density at radius 3 is 1.91 bits per heavy atom. The Labute approximate surface area is 334 Å². The van der Waals surface area contributed by atoms with E-state index in [0.717, 1.165) is 44.9 Å². The maximum absolute atomic E-state index is 12.6. The van der Waals surface area contributed by atoms with Crippen molar-refractivity contribution in [2.45, 2.75) is 148 Å². The van der Waals surface area contributed by atoms with E-state index in [1.807, 2.05) is 69.8 Å². The molecule has 0 aromatic heterocycles. The zero-order valence-electron chi connectivity index (χ0n) is 35.0. The number of ether oxygens (including phenoxy) is 2. The molecule has 0 saturated heterocycles. The van der Waals surface area contributed by atoms with Crippen LogP contribution in [0.25, 0.3) is 0 Å². The van der Waals surface area contributed by atoms with E-state index >= 15 is 0 Å². The van der Waals surface area contributed by atoms with Crippen LogP contribution in [0.5, 0.6) is 0 Å². The second-order valence-electron chi connectivity index (χ2n) is 14.8. The summed E-state index contributed by atoms with van der Waals surface area (Å²) in [6.07, 6.45) is 39.7. The topological polar surface area (TPSA) is 131 Å². The van der Waals surface area contributed by atoms with Gasteiger partial charge in [-0.05, 0) is 44.9 Å². The highest BCUT2D eigenvalue weighted by atomic mass is 31.2. The fourth-order valence-electron chi connectivity index (χ4n) is 5.06. The molecule has 11 heteroatoms. The van der Waals surface area contributed by atoms with Crippen LogP contribution in [0.4, 0.5) is 0 Å². The lowest BCUT2D eigenvalue weighted by Crippen LogP contribution is -2.37. The molecule has 0 aliphatic rings. The molecule has 0 aromatic rings. The van der Waals surface area contributed by atoms with E-state index in [1.165, 1.54) is 44.9 Å². The Morgan fingerprint density at radius 2 is 1.27 bits per heavy atom. The number of phosphoric ester groups is 1. The maximum Gasteiger partial charge on any atom is 0.306 e. The van der Waals surface area contributed by atoms with E-state index in [9.17, 15) is 24.2 Å². The molecule has 316 valence electrons. The van der Waals surface area contributed by atoms with Crippen molar-refractivity contribution in [1.29, 1.82) is 0 Å². The van der Waals surface area contributed by atoms with Gasteiger partial charge in [-0.3, -0.25) is 14.2 Å². The van der Waals surface area contributed by atoms with Gasteiger partial charge in [0.15, 0.2) is 6.10 Å². The first-order valence-electron chi connectivity index (χ1n) is 20.8. The highest BCUT2D eigenvalue weighted by Gasteiger charge is 2.21. The summed E-state index contributed by atoms with van der Waals surface area (Å²) in [6, 6.07) is 0. The van der Waals surface area contributed by atoms with Crippen molar-refractivity contribution in [3.63, 3.8) is 0 Å². The Morgan fingerprint density at radius 1 is 0.691 bits per heavy atom. The van der Waals surface area contributed by atoms with Gasteiger partial charge < -0.3 is 33.0 Å². The van der Waals surface area contributed by atoms with Crippen molar-refractivity contribution in [3.05, 3.63) is 72.9 Å². The first-order chi connectivity index (χ1) is 26.4. The smallest absolute Gasteiger partial charge is 0.306 e. The molecule has 0 bridgehead atoms. The second kappa shape index (κ2) is 35.8. The van der Waals surface area contributed by atoms with Crippen LogP contribution >= 0.6 is 7.82 Å². The monoisotopic (exact) mass is 794 g/mol. The zero-order valence-corrected chi connectivity index (χ0v) is 35.8. The molecule has 0 spiro atoms. The van der Waals surface area contributed by atoms with Gasteiger partial charge in [-0.2, -0.15) is 0 Å². The summed E-state index contributed by atoms with van der Waals surface area (Å²) >= 11 is 0. The molecule has 0 heterocycles. The Balaban J connectivity index is 4.56. The molecule has 3 atom stereocenters. The molecule has 2 unspecified atom stereocenters. The van der Waals surface area contributed by atoms with Gasteiger partial charge >= 0.3 is 11.9 Å². The number of aliphatic hydroxyl groups excluding tert-OH is 1. The van der Waals surface area contributed by atoms with Crippen LogP contribution in [0, 0.1) is 0 Å². The van der Waals surface area contributed by atoms with E-state index in [0.29, 0.717) is 30.3 Å². The lowest BCUT2D eigenvalue weighted by atomic mass is 10.1. The van der Waals surface area contributed by atoms with Gasteiger partial charge in [-0.1, -0.05) is 151 Å². The Hall–Kier alpha value is -2.59. The van der Waals surface area contributed by atoms with Gasteiger partial charge in [0, 0.05) is 12.8 Å². The van der Waals surface area contributed by atoms with Crippen molar-refractivity contribution >= 4 is 19.8 Å². The molecule has 1 N–H and O–H groups in total. The minimum Gasteiger partial charge on any atom is -0.756 e. The third kappa shape index (κ3) is 39.4. The van der Waals surface area contributed by atoms with E-state index in [2.05, 4.69) is 32.1 Å². The molecule has 0 aromatic carbocycles. The van der Waals surface area contributed by atoms with E-state index in [1.54, 1.807) is 6.08 Å². The number of carbonyl (C=O) groups is 2. The Bertz CT molecular complexity index is 1190. The predicted molar refractivity (Wildman–Crippen MR) is 223 cm³/mol. The summed E-state index contributed by atoms with van der Waals surface area (Å²) in [6.45, 7) is 3.91. The van der Waals surface area contributed by atoms with E-state index in [4.69, 9.17) is 18.5 Å². The molecular formula is C44H76NO9P. The number of aliphatic hydroxyl groups is 1. The molecule has 0 aliphatic heterocycles. The van der Waals surface area contributed by atoms with Gasteiger partial charge in [0.05, 0.1) is 33.9 Å². The summed E-state index contributed by atoms with van der Waals surface area (Å²) in [5.41, 5.74) is 0. The third-order valence-electron chi connectivity index (χ3n) is 8.33. The zero-order chi connectivity index (χ0) is 40.9. The van der Waals surface area contributed by atoms with Gasteiger partial charge in [-0.15, -0.1) is 0 Å². The van der Waals surface area contributed by atoms with Crippen molar-refractivity contribution in [2.75, 3.05) is 47.5 Å². The SMILES string of the molecule is CC/C=C\C/C=C\CC(O)/C=C/C=C\C/C=C\C/C=C\CCC(=O)OC[C@H](COP(=O)([O-])OCC[N+](C)(C)C)OC(=O)CCCCCCCCCCCCC. The minimum atomic E-state index is -4.65. The number of likely N-dealkylation sites (N-methyl/N-ethyl adjacent to an activating group) is 1. The maximum atomic E-state index is 12.6. The fraction of sp³-hybridized carbons (Fsp3) is 0.682. The van der Waals surface area contributed by atoms with Gasteiger partial charge in [0.25, 0.3) is 7.82 Å². The summed E-state index contributed by atoms with van der Waals surface area (Å²) in [5, 5.41) is 9.99. The largest absolute Gasteiger partial charge is 0.756 e. The highest BCUT2D eigenvalue weighted by Crippen LogP contribution is 2.38. The number of phosphoric acid groups is 1. The van der Waals surface area contributed by atoms with Crippen LogP contribution in [0.3, 0.4) is 0 Å². The average Bonchev–Trinajstić information content (AvgIpc) is 3.13.